The average Bonchev–Trinajstić information content (AvgIpc) is 3.16. The fourth-order valence-corrected chi connectivity index (χ4v) is 2.23. The lowest BCUT2D eigenvalue weighted by Crippen LogP contribution is -2.13. The highest BCUT2D eigenvalue weighted by atomic mass is 16.1. The number of aromatic amines is 1. The van der Waals surface area contributed by atoms with E-state index >= 15 is 0 Å². The molecule has 3 rings (SSSR count). The van der Waals surface area contributed by atoms with Gasteiger partial charge in [0.1, 0.15) is 5.82 Å². The fraction of sp³-hybridized carbons (Fsp3) is 0.333. The van der Waals surface area contributed by atoms with Crippen LogP contribution in [-0.4, -0.2) is 41.3 Å². The lowest BCUT2D eigenvalue weighted by atomic mass is 10.1. The van der Waals surface area contributed by atoms with Gasteiger partial charge in [-0.15, -0.1) is 10.2 Å². The topological polar surface area (TPSA) is 114 Å². The Balaban J connectivity index is 1.69. The van der Waals surface area contributed by atoms with E-state index in [0.29, 0.717) is 17.3 Å². The minimum Gasteiger partial charge on any atom is -0.289 e. The van der Waals surface area contributed by atoms with E-state index in [1.54, 1.807) is 35.9 Å². The number of rotatable bonds is 5. The van der Waals surface area contributed by atoms with Gasteiger partial charge in [-0.1, -0.05) is 13.8 Å². The Morgan fingerprint density at radius 2 is 2.04 bits per heavy atom. The molecule has 0 saturated carbocycles. The van der Waals surface area contributed by atoms with E-state index in [4.69, 9.17) is 0 Å². The standard InChI is InChI=1S/C15H18N8O/c1-9(2)8-13-16-15(20-19-13)17-14(24)11-4-6-12(7-5-11)23-10(3)18-21-22-23/h4-7,9H,8H2,1-3H3,(H2,16,17,19,20,24). The molecule has 0 aliphatic carbocycles. The summed E-state index contributed by atoms with van der Waals surface area (Å²) >= 11 is 0. The second-order valence-electron chi connectivity index (χ2n) is 5.84. The largest absolute Gasteiger partial charge is 0.289 e. The summed E-state index contributed by atoms with van der Waals surface area (Å²) in [4.78, 5) is 16.5. The Morgan fingerprint density at radius 1 is 1.29 bits per heavy atom. The number of amides is 1. The maximum Gasteiger partial charge on any atom is 0.258 e. The number of hydrogen-bond acceptors (Lipinski definition) is 6. The first-order valence-electron chi connectivity index (χ1n) is 7.61. The monoisotopic (exact) mass is 326 g/mol. The van der Waals surface area contributed by atoms with Crippen LogP contribution in [0, 0.1) is 12.8 Å². The smallest absolute Gasteiger partial charge is 0.258 e. The maximum atomic E-state index is 12.3. The van der Waals surface area contributed by atoms with Crippen LogP contribution in [0.1, 0.15) is 35.9 Å². The molecule has 0 radical (unpaired) electrons. The highest BCUT2D eigenvalue weighted by molar-refractivity contribution is 6.03. The zero-order valence-electron chi connectivity index (χ0n) is 13.7. The van der Waals surface area contributed by atoms with Crippen molar-refractivity contribution < 1.29 is 4.79 Å². The molecule has 0 spiro atoms. The second kappa shape index (κ2) is 6.57. The minimum absolute atomic E-state index is 0.273. The van der Waals surface area contributed by atoms with Crippen molar-refractivity contribution in [1.82, 2.24) is 35.4 Å². The molecule has 24 heavy (non-hydrogen) atoms. The van der Waals surface area contributed by atoms with Crippen LogP contribution in [0.25, 0.3) is 5.69 Å². The van der Waals surface area contributed by atoms with Gasteiger partial charge < -0.3 is 0 Å². The van der Waals surface area contributed by atoms with Crippen molar-refractivity contribution in [2.24, 2.45) is 5.92 Å². The summed E-state index contributed by atoms with van der Waals surface area (Å²) in [5.74, 6) is 1.89. The predicted octanol–water partition coefficient (Wildman–Crippen LogP) is 1.54. The summed E-state index contributed by atoms with van der Waals surface area (Å²) in [6.45, 7) is 5.99. The number of nitrogens with one attached hydrogen (secondary N) is 2. The third-order valence-electron chi connectivity index (χ3n) is 3.36. The number of aromatic nitrogens is 7. The molecular weight excluding hydrogens is 308 g/mol. The molecule has 3 aromatic rings. The van der Waals surface area contributed by atoms with E-state index in [9.17, 15) is 4.79 Å². The van der Waals surface area contributed by atoms with E-state index in [1.165, 1.54) is 0 Å². The maximum absolute atomic E-state index is 12.3. The normalized spacial score (nSPS) is 11.0. The van der Waals surface area contributed by atoms with E-state index in [2.05, 4.69) is 49.9 Å². The van der Waals surface area contributed by atoms with Gasteiger partial charge in [-0.3, -0.25) is 15.2 Å². The number of carbonyl (C=O) groups is 1. The molecule has 124 valence electrons. The van der Waals surface area contributed by atoms with Gasteiger partial charge in [-0.2, -0.15) is 9.67 Å². The van der Waals surface area contributed by atoms with Crippen LogP contribution in [0.15, 0.2) is 24.3 Å². The quantitative estimate of drug-likeness (QED) is 0.735. The zero-order chi connectivity index (χ0) is 17.1. The molecule has 0 fully saturated rings. The first kappa shape index (κ1) is 15.8. The molecular formula is C15H18N8O. The van der Waals surface area contributed by atoms with E-state index in [-0.39, 0.29) is 11.9 Å². The molecule has 2 N–H and O–H groups in total. The lowest BCUT2D eigenvalue weighted by Gasteiger charge is -2.04. The van der Waals surface area contributed by atoms with E-state index in [0.717, 1.165) is 17.9 Å². The number of anilines is 1. The summed E-state index contributed by atoms with van der Waals surface area (Å²) in [6, 6.07) is 6.96. The number of aryl methyl sites for hydroxylation is 1. The third-order valence-corrected chi connectivity index (χ3v) is 3.36. The van der Waals surface area contributed by atoms with Gasteiger partial charge in [-0.05, 0) is 47.5 Å². The molecule has 2 heterocycles. The third kappa shape index (κ3) is 3.45. The minimum atomic E-state index is -0.273. The van der Waals surface area contributed by atoms with Crippen molar-refractivity contribution >= 4 is 11.9 Å². The first-order chi connectivity index (χ1) is 11.5. The van der Waals surface area contributed by atoms with Crippen molar-refractivity contribution in [2.75, 3.05) is 5.32 Å². The van der Waals surface area contributed by atoms with E-state index < -0.39 is 0 Å². The van der Waals surface area contributed by atoms with Crippen molar-refractivity contribution in [3.8, 4) is 5.69 Å². The summed E-state index contributed by atoms with van der Waals surface area (Å²) in [7, 11) is 0. The summed E-state index contributed by atoms with van der Waals surface area (Å²) in [5, 5.41) is 20.8. The Morgan fingerprint density at radius 3 is 2.67 bits per heavy atom. The van der Waals surface area contributed by atoms with Crippen LogP contribution in [0.2, 0.25) is 0 Å². The number of hydrogen-bond donors (Lipinski definition) is 2. The number of H-pyrrole nitrogens is 1. The second-order valence-corrected chi connectivity index (χ2v) is 5.84. The van der Waals surface area contributed by atoms with Gasteiger partial charge in [0.25, 0.3) is 5.91 Å². The molecule has 2 aromatic heterocycles. The lowest BCUT2D eigenvalue weighted by molar-refractivity contribution is 0.102. The van der Waals surface area contributed by atoms with Crippen LogP contribution in [0.5, 0.6) is 0 Å². The van der Waals surface area contributed by atoms with Gasteiger partial charge in [0, 0.05) is 12.0 Å². The highest BCUT2D eigenvalue weighted by Gasteiger charge is 2.11. The zero-order valence-corrected chi connectivity index (χ0v) is 13.7. The molecule has 0 unspecified atom stereocenters. The van der Waals surface area contributed by atoms with Gasteiger partial charge in [0.15, 0.2) is 5.82 Å². The molecule has 9 heteroatoms. The Labute approximate surface area is 138 Å². The first-order valence-corrected chi connectivity index (χ1v) is 7.61. The number of benzene rings is 1. The number of carbonyl (C=O) groups excluding carboxylic acids is 1. The van der Waals surface area contributed by atoms with Crippen molar-refractivity contribution in [1.29, 1.82) is 0 Å². The fourth-order valence-electron chi connectivity index (χ4n) is 2.23. The van der Waals surface area contributed by atoms with Crippen molar-refractivity contribution in [3.63, 3.8) is 0 Å². The van der Waals surface area contributed by atoms with Gasteiger partial charge in [0.2, 0.25) is 5.95 Å². The Bertz CT molecular complexity index is 833. The Kier molecular flexibility index (Phi) is 4.32. The average molecular weight is 326 g/mol. The van der Waals surface area contributed by atoms with Gasteiger partial charge in [-0.25, -0.2) is 0 Å². The van der Waals surface area contributed by atoms with Crippen LogP contribution in [0.4, 0.5) is 5.95 Å². The molecule has 0 aliphatic rings. The van der Waals surface area contributed by atoms with Gasteiger partial charge >= 0.3 is 0 Å². The molecule has 0 aliphatic heterocycles. The number of nitrogens with zero attached hydrogens (tertiary/aromatic N) is 6. The summed E-state index contributed by atoms with van der Waals surface area (Å²) in [6.07, 6.45) is 0.781. The van der Waals surface area contributed by atoms with Gasteiger partial charge in [0.05, 0.1) is 5.69 Å². The molecule has 0 saturated heterocycles. The molecule has 1 aromatic carbocycles. The van der Waals surface area contributed by atoms with Crippen molar-refractivity contribution in [2.45, 2.75) is 27.2 Å². The molecule has 0 bridgehead atoms. The molecule has 9 nitrogen and oxygen atoms in total. The summed E-state index contributed by atoms with van der Waals surface area (Å²) < 4.78 is 1.59. The van der Waals surface area contributed by atoms with Crippen LogP contribution < -0.4 is 5.32 Å². The van der Waals surface area contributed by atoms with E-state index in [1.807, 2.05) is 0 Å². The van der Waals surface area contributed by atoms with Crippen LogP contribution >= 0.6 is 0 Å². The molecule has 0 atom stereocenters. The van der Waals surface area contributed by atoms with Crippen molar-refractivity contribution in [3.05, 3.63) is 41.5 Å². The van der Waals surface area contributed by atoms with Crippen LogP contribution in [0.3, 0.4) is 0 Å². The predicted molar refractivity (Wildman–Crippen MR) is 86.8 cm³/mol. The highest BCUT2D eigenvalue weighted by Crippen LogP contribution is 2.11. The summed E-state index contributed by atoms with van der Waals surface area (Å²) in [5.41, 5.74) is 1.28. The Hall–Kier alpha value is -3.10. The molecule has 1 amide bonds. The number of tetrazole rings is 1. The SMILES string of the molecule is Cc1nnnn1-c1ccc(C(=O)Nc2n[nH]c(CC(C)C)n2)cc1. The van der Waals surface area contributed by atoms with Crippen LogP contribution in [-0.2, 0) is 6.42 Å².